The maximum absolute atomic E-state index is 12.0. The van der Waals surface area contributed by atoms with E-state index >= 15 is 0 Å². The minimum absolute atomic E-state index is 0.200. The van der Waals surface area contributed by atoms with Crippen LogP contribution in [0.4, 0.5) is 0 Å². The molecule has 0 radical (unpaired) electrons. The number of carbonyl (C=O) groups excluding carboxylic acids is 1. The lowest BCUT2D eigenvalue weighted by Crippen LogP contribution is -2.27. The second-order valence-electron chi connectivity index (χ2n) is 10.9. The Morgan fingerprint density at radius 1 is 0.625 bits per heavy atom. The van der Waals surface area contributed by atoms with Crippen LogP contribution >= 0.6 is 0 Å². The van der Waals surface area contributed by atoms with Crippen LogP contribution in [0.5, 0.6) is 0 Å². The fourth-order valence-corrected chi connectivity index (χ4v) is 4.46. The molecule has 1 atom stereocenters. The van der Waals surface area contributed by atoms with E-state index < -0.39 is 6.10 Å². The van der Waals surface area contributed by atoms with E-state index in [9.17, 15) is 9.90 Å². The second kappa shape index (κ2) is 33.6. The number of aliphatic hydroxyl groups excluding tert-OH is 1. The van der Waals surface area contributed by atoms with Crippen LogP contribution in [-0.4, -0.2) is 37.0 Å². The molecule has 0 spiro atoms. The zero-order chi connectivity index (χ0) is 29.2. The van der Waals surface area contributed by atoms with Gasteiger partial charge in [-0.1, -0.05) is 152 Å². The largest absolute Gasteiger partial charge is 0.457 e. The van der Waals surface area contributed by atoms with E-state index in [-0.39, 0.29) is 19.2 Å². The van der Waals surface area contributed by atoms with Crippen molar-refractivity contribution in [1.82, 2.24) is 0 Å². The third-order valence-electron chi connectivity index (χ3n) is 6.93. The van der Waals surface area contributed by atoms with E-state index in [2.05, 4.69) is 56.4 Å². The Morgan fingerprint density at radius 3 is 1.55 bits per heavy atom. The molecule has 0 aromatic carbocycles. The first kappa shape index (κ1) is 38.4. The third-order valence-corrected chi connectivity index (χ3v) is 6.93. The molecule has 1 unspecified atom stereocenters. The predicted molar refractivity (Wildman–Crippen MR) is 173 cm³/mol. The first-order chi connectivity index (χ1) is 19.7. The lowest BCUT2D eigenvalue weighted by molar-refractivity contribution is -0.154. The van der Waals surface area contributed by atoms with Crippen LogP contribution in [0.3, 0.4) is 0 Å². The lowest BCUT2D eigenvalue weighted by atomic mass is 10.0. The summed E-state index contributed by atoms with van der Waals surface area (Å²) in [5.41, 5.74) is 0. The van der Waals surface area contributed by atoms with Gasteiger partial charge in [0.2, 0.25) is 0 Å². The van der Waals surface area contributed by atoms with Gasteiger partial charge in [-0.25, -0.2) is 0 Å². The van der Waals surface area contributed by atoms with Crippen molar-refractivity contribution in [3.63, 3.8) is 0 Å². The molecule has 0 aromatic heterocycles. The van der Waals surface area contributed by atoms with Crippen molar-refractivity contribution in [2.45, 2.75) is 155 Å². The fourth-order valence-electron chi connectivity index (χ4n) is 4.46. The standard InChI is InChI=1S/C36H64O4/c1-3-5-7-9-11-13-15-17-18-20-22-24-26-28-30-32-39-34-35(33-37)40-36(38)31-29-27-25-23-21-19-16-14-12-10-8-6-4-2/h6,8,12,14,19,21,25,27,35,37H,3-5,7,9-11,13,15-18,20,22-24,26,28-34H2,1-2H3/b8-6-,14-12-,21-19-,27-25-. The summed E-state index contributed by atoms with van der Waals surface area (Å²) in [7, 11) is 0. The van der Waals surface area contributed by atoms with Gasteiger partial charge in [-0.3, -0.25) is 4.79 Å². The second-order valence-corrected chi connectivity index (χ2v) is 10.9. The molecule has 0 bridgehead atoms. The minimum atomic E-state index is -0.568. The summed E-state index contributed by atoms with van der Waals surface area (Å²) >= 11 is 0. The summed E-state index contributed by atoms with van der Waals surface area (Å²) in [5, 5.41) is 9.51. The van der Waals surface area contributed by atoms with Gasteiger partial charge >= 0.3 is 5.97 Å². The van der Waals surface area contributed by atoms with E-state index in [1.807, 2.05) is 6.08 Å². The maximum atomic E-state index is 12.0. The van der Waals surface area contributed by atoms with Gasteiger partial charge < -0.3 is 14.6 Å². The summed E-state index contributed by atoms with van der Waals surface area (Å²) in [4.78, 5) is 12.0. The predicted octanol–water partition coefficient (Wildman–Crippen LogP) is 10.4. The smallest absolute Gasteiger partial charge is 0.306 e. The van der Waals surface area contributed by atoms with Gasteiger partial charge in [0.15, 0.2) is 0 Å². The van der Waals surface area contributed by atoms with Gasteiger partial charge in [-0.05, 0) is 38.5 Å². The van der Waals surface area contributed by atoms with E-state index in [1.54, 1.807) is 0 Å². The van der Waals surface area contributed by atoms with Crippen molar-refractivity contribution in [3.8, 4) is 0 Å². The van der Waals surface area contributed by atoms with Crippen LogP contribution in [0.25, 0.3) is 0 Å². The first-order valence-electron chi connectivity index (χ1n) is 16.7. The van der Waals surface area contributed by atoms with Gasteiger partial charge in [0, 0.05) is 13.0 Å². The van der Waals surface area contributed by atoms with Crippen LogP contribution in [0.2, 0.25) is 0 Å². The van der Waals surface area contributed by atoms with Crippen molar-refractivity contribution in [3.05, 3.63) is 48.6 Å². The van der Waals surface area contributed by atoms with Gasteiger partial charge in [0.1, 0.15) is 6.10 Å². The lowest BCUT2D eigenvalue weighted by Gasteiger charge is -2.15. The maximum Gasteiger partial charge on any atom is 0.306 e. The molecule has 0 aliphatic rings. The Bertz CT molecular complexity index is 635. The van der Waals surface area contributed by atoms with Crippen LogP contribution in [0.15, 0.2) is 48.6 Å². The molecule has 4 nitrogen and oxygen atoms in total. The third kappa shape index (κ3) is 30.9. The SMILES string of the molecule is CC/C=C\C/C=C\C/C=C\C/C=C\CCC(=O)OC(CO)COCCCCCCCCCCCCCCCCC. The van der Waals surface area contributed by atoms with E-state index in [1.165, 1.54) is 89.9 Å². The number of hydrogen-bond acceptors (Lipinski definition) is 4. The van der Waals surface area contributed by atoms with Crippen molar-refractivity contribution in [2.75, 3.05) is 19.8 Å². The molecule has 1 N–H and O–H groups in total. The number of aliphatic hydroxyl groups is 1. The molecule has 0 aromatic rings. The quantitative estimate of drug-likeness (QED) is 0.0539. The molecule has 0 fully saturated rings. The van der Waals surface area contributed by atoms with Crippen LogP contribution < -0.4 is 0 Å². The zero-order valence-electron chi connectivity index (χ0n) is 26.3. The van der Waals surface area contributed by atoms with Gasteiger partial charge in [0.05, 0.1) is 13.2 Å². The molecule has 232 valence electrons. The van der Waals surface area contributed by atoms with Crippen LogP contribution in [0.1, 0.15) is 149 Å². The monoisotopic (exact) mass is 560 g/mol. The summed E-state index contributed by atoms with van der Waals surface area (Å²) in [6.45, 7) is 5.15. The van der Waals surface area contributed by atoms with Crippen molar-refractivity contribution < 1.29 is 19.4 Å². The van der Waals surface area contributed by atoms with Crippen LogP contribution in [0, 0.1) is 0 Å². The number of rotatable bonds is 30. The summed E-state index contributed by atoms with van der Waals surface area (Å²) in [6, 6.07) is 0. The van der Waals surface area contributed by atoms with E-state index in [0.717, 1.165) is 32.1 Å². The molecule has 0 amide bonds. The normalized spacial score (nSPS) is 13.0. The highest BCUT2D eigenvalue weighted by atomic mass is 16.6. The zero-order valence-corrected chi connectivity index (χ0v) is 26.3. The van der Waals surface area contributed by atoms with Crippen molar-refractivity contribution >= 4 is 5.97 Å². The molecule has 0 rings (SSSR count). The highest BCUT2D eigenvalue weighted by Crippen LogP contribution is 2.13. The molecule has 4 heteroatoms. The topological polar surface area (TPSA) is 55.8 Å². The Hall–Kier alpha value is -1.65. The average molecular weight is 561 g/mol. The molecule has 0 heterocycles. The molecule has 0 aliphatic heterocycles. The number of esters is 1. The van der Waals surface area contributed by atoms with Crippen molar-refractivity contribution in [2.24, 2.45) is 0 Å². The van der Waals surface area contributed by atoms with Crippen LogP contribution in [-0.2, 0) is 14.3 Å². The number of allylic oxidation sites excluding steroid dienone is 8. The van der Waals surface area contributed by atoms with E-state index in [4.69, 9.17) is 9.47 Å². The number of ether oxygens (including phenoxy) is 2. The molecule has 0 saturated heterocycles. The Labute approximate surface area is 248 Å². The highest BCUT2D eigenvalue weighted by molar-refractivity contribution is 5.69. The summed E-state index contributed by atoms with van der Waals surface area (Å²) in [5.74, 6) is -0.280. The summed E-state index contributed by atoms with van der Waals surface area (Å²) < 4.78 is 11.0. The average Bonchev–Trinajstić information content (AvgIpc) is 2.96. The highest BCUT2D eigenvalue weighted by Gasteiger charge is 2.13. The number of hydrogen-bond donors (Lipinski definition) is 1. The minimum Gasteiger partial charge on any atom is -0.457 e. The first-order valence-corrected chi connectivity index (χ1v) is 16.7. The molecular formula is C36H64O4. The van der Waals surface area contributed by atoms with Crippen molar-refractivity contribution in [1.29, 1.82) is 0 Å². The molecule has 0 aliphatic carbocycles. The summed E-state index contributed by atoms with van der Waals surface area (Å²) in [6.07, 6.45) is 41.6. The molecular weight excluding hydrogens is 496 g/mol. The fraction of sp³-hybridized carbons (Fsp3) is 0.750. The number of carbonyl (C=O) groups is 1. The molecule has 0 saturated carbocycles. The van der Waals surface area contributed by atoms with Gasteiger partial charge in [-0.15, -0.1) is 0 Å². The van der Waals surface area contributed by atoms with E-state index in [0.29, 0.717) is 19.4 Å². The Kier molecular flexibility index (Phi) is 32.2. The number of unbranched alkanes of at least 4 members (excludes halogenated alkanes) is 14. The van der Waals surface area contributed by atoms with Gasteiger partial charge in [0.25, 0.3) is 0 Å². The molecule has 40 heavy (non-hydrogen) atoms. The Morgan fingerprint density at radius 2 is 1.07 bits per heavy atom. The van der Waals surface area contributed by atoms with Gasteiger partial charge in [-0.2, -0.15) is 0 Å². The Balaban J connectivity index is 3.54.